The molecule has 0 atom stereocenters. The van der Waals surface area contributed by atoms with Crippen molar-refractivity contribution >= 4 is 10.9 Å². The van der Waals surface area contributed by atoms with Gasteiger partial charge in [0.1, 0.15) is 22.8 Å². The molecular weight excluding hydrogens is 274 g/mol. The van der Waals surface area contributed by atoms with E-state index in [1.165, 1.54) is 41.0 Å². The zero-order chi connectivity index (χ0) is 15.0. The van der Waals surface area contributed by atoms with Crippen molar-refractivity contribution in [2.24, 2.45) is 0 Å². The lowest BCUT2D eigenvalue weighted by Gasteiger charge is -2.12. The second-order valence-electron chi connectivity index (χ2n) is 4.63. The second-order valence-corrected chi connectivity index (χ2v) is 4.63. The van der Waals surface area contributed by atoms with Crippen LogP contribution in [0.3, 0.4) is 0 Å². The Bertz CT molecular complexity index is 870. The molecule has 0 amide bonds. The number of aryl methyl sites for hydroxylation is 1. The van der Waals surface area contributed by atoms with Crippen molar-refractivity contribution in [2.75, 3.05) is 0 Å². The first-order valence-electron chi connectivity index (χ1n) is 6.58. The van der Waals surface area contributed by atoms with Crippen LogP contribution in [0.15, 0.2) is 47.3 Å². The minimum absolute atomic E-state index is 0.0565. The molecule has 21 heavy (non-hydrogen) atoms. The van der Waals surface area contributed by atoms with Crippen molar-refractivity contribution in [1.82, 2.24) is 9.55 Å². The van der Waals surface area contributed by atoms with E-state index in [1.807, 2.05) is 6.92 Å². The SMILES string of the molecule is CCc1nc2cccc(F)c2c(=O)n1-c1ccc(F)cc1. The van der Waals surface area contributed by atoms with E-state index >= 15 is 0 Å². The van der Waals surface area contributed by atoms with E-state index in [9.17, 15) is 13.6 Å². The Labute approximate surface area is 119 Å². The highest BCUT2D eigenvalue weighted by atomic mass is 19.1. The number of hydrogen-bond acceptors (Lipinski definition) is 2. The molecule has 0 N–H and O–H groups in total. The summed E-state index contributed by atoms with van der Waals surface area (Å²) in [6.07, 6.45) is 0.499. The number of benzene rings is 2. The first-order valence-corrected chi connectivity index (χ1v) is 6.58. The standard InChI is InChI=1S/C16H12F2N2O/c1-2-14-19-13-5-3-4-12(18)15(13)16(21)20(14)11-8-6-10(17)7-9-11/h3-9H,2H2,1H3. The van der Waals surface area contributed by atoms with Gasteiger partial charge in [0.05, 0.1) is 11.2 Å². The lowest BCUT2D eigenvalue weighted by Crippen LogP contribution is -2.24. The Balaban J connectivity index is 2.41. The van der Waals surface area contributed by atoms with Crippen LogP contribution in [0.1, 0.15) is 12.7 Å². The van der Waals surface area contributed by atoms with Crippen LogP contribution in [0.25, 0.3) is 16.6 Å². The molecule has 0 radical (unpaired) electrons. The summed E-state index contributed by atoms with van der Waals surface area (Å²) in [5, 5.41) is -0.0565. The fourth-order valence-corrected chi connectivity index (χ4v) is 2.33. The number of aromatic nitrogens is 2. The molecule has 3 aromatic rings. The molecule has 0 unspecified atom stereocenters. The zero-order valence-corrected chi connectivity index (χ0v) is 11.3. The first-order chi connectivity index (χ1) is 10.1. The molecular formula is C16H12F2N2O. The van der Waals surface area contributed by atoms with Gasteiger partial charge < -0.3 is 0 Å². The zero-order valence-electron chi connectivity index (χ0n) is 11.3. The largest absolute Gasteiger partial charge is 0.268 e. The predicted octanol–water partition coefficient (Wildman–Crippen LogP) is 3.23. The van der Waals surface area contributed by atoms with Gasteiger partial charge in [-0.25, -0.2) is 13.8 Å². The number of nitrogens with zero attached hydrogens (tertiary/aromatic N) is 2. The van der Waals surface area contributed by atoms with E-state index in [0.29, 0.717) is 23.4 Å². The molecule has 0 aliphatic carbocycles. The summed E-state index contributed by atoms with van der Waals surface area (Å²) in [6.45, 7) is 1.85. The fourth-order valence-electron chi connectivity index (χ4n) is 2.33. The summed E-state index contributed by atoms with van der Waals surface area (Å²) >= 11 is 0. The Morgan fingerprint density at radius 2 is 1.81 bits per heavy atom. The lowest BCUT2D eigenvalue weighted by atomic mass is 10.2. The number of fused-ring (bicyclic) bond motifs is 1. The van der Waals surface area contributed by atoms with Crippen molar-refractivity contribution in [2.45, 2.75) is 13.3 Å². The number of halogens is 2. The molecule has 0 aliphatic rings. The van der Waals surface area contributed by atoms with E-state index in [0.717, 1.165) is 0 Å². The van der Waals surface area contributed by atoms with E-state index < -0.39 is 17.2 Å². The summed E-state index contributed by atoms with van der Waals surface area (Å²) in [4.78, 5) is 16.9. The van der Waals surface area contributed by atoms with Crippen molar-refractivity contribution in [3.8, 4) is 5.69 Å². The Hall–Kier alpha value is -2.56. The third-order valence-corrected chi connectivity index (χ3v) is 3.32. The molecule has 1 aromatic heterocycles. The number of hydrogen-bond donors (Lipinski definition) is 0. The lowest BCUT2D eigenvalue weighted by molar-refractivity contribution is 0.626. The maximum absolute atomic E-state index is 13.9. The van der Waals surface area contributed by atoms with Gasteiger partial charge in [0.15, 0.2) is 0 Å². The van der Waals surface area contributed by atoms with Crippen LogP contribution in [-0.2, 0) is 6.42 Å². The smallest absolute Gasteiger partial charge is 0.268 e. The van der Waals surface area contributed by atoms with Gasteiger partial charge in [-0.15, -0.1) is 0 Å². The first kappa shape index (κ1) is 13.4. The number of rotatable bonds is 2. The molecule has 0 saturated carbocycles. The van der Waals surface area contributed by atoms with Crippen LogP contribution in [0.5, 0.6) is 0 Å². The predicted molar refractivity (Wildman–Crippen MR) is 76.6 cm³/mol. The van der Waals surface area contributed by atoms with Crippen LogP contribution < -0.4 is 5.56 Å². The van der Waals surface area contributed by atoms with Crippen molar-refractivity contribution < 1.29 is 8.78 Å². The summed E-state index contributed by atoms with van der Waals surface area (Å²) < 4.78 is 28.3. The highest BCUT2D eigenvalue weighted by Gasteiger charge is 2.14. The molecule has 1 heterocycles. The van der Waals surface area contributed by atoms with Gasteiger partial charge in [0.25, 0.3) is 5.56 Å². The van der Waals surface area contributed by atoms with Crippen LogP contribution in [0.4, 0.5) is 8.78 Å². The van der Waals surface area contributed by atoms with Gasteiger partial charge >= 0.3 is 0 Å². The molecule has 3 rings (SSSR count). The summed E-state index contributed by atoms with van der Waals surface area (Å²) in [6, 6.07) is 9.82. The minimum atomic E-state index is -0.608. The average molecular weight is 286 g/mol. The normalized spacial score (nSPS) is 11.0. The van der Waals surface area contributed by atoms with Crippen molar-refractivity contribution in [1.29, 1.82) is 0 Å². The van der Waals surface area contributed by atoms with Gasteiger partial charge in [-0.3, -0.25) is 9.36 Å². The van der Waals surface area contributed by atoms with Crippen molar-refractivity contribution in [3.05, 3.63) is 70.3 Å². The van der Waals surface area contributed by atoms with Crippen molar-refractivity contribution in [3.63, 3.8) is 0 Å². The van der Waals surface area contributed by atoms with Crippen LogP contribution in [-0.4, -0.2) is 9.55 Å². The topological polar surface area (TPSA) is 34.9 Å². The molecule has 0 saturated heterocycles. The van der Waals surface area contributed by atoms with Gasteiger partial charge in [-0.2, -0.15) is 0 Å². The van der Waals surface area contributed by atoms with Gasteiger partial charge in [0, 0.05) is 6.42 Å². The van der Waals surface area contributed by atoms with Gasteiger partial charge in [-0.1, -0.05) is 13.0 Å². The minimum Gasteiger partial charge on any atom is -0.268 e. The van der Waals surface area contributed by atoms with Crippen LogP contribution in [0, 0.1) is 11.6 Å². The van der Waals surface area contributed by atoms with E-state index in [2.05, 4.69) is 4.98 Å². The Morgan fingerprint density at radius 1 is 1.10 bits per heavy atom. The molecule has 0 bridgehead atoms. The third-order valence-electron chi connectivity index (χ3n) is 3.32. The maximum Gasteiger partial charge on any atom is 0.268 e. The Morgan fingerprint density at radius 3 is 2.48 bits per heavy atom. The summed E-state index contributed by atoms with van der Waals surface area (Å²) in [5.41, 5.74) is 0.313. The Kier molecular flexibility index (Phi) is 3.25. The van der Waals surface area contributed by atoms with Gasteiger partial charge in [-0.05, 0) is 36.4 Å². The van der Waals surface area contributed by atoms with E-state index in [1.54, 1.807) is 6.07 Å². The average Bonchev–Trinajstić information content (AvgIpc) is 2.48. The van der Waals surface area contributed by atoms with Crippen LogP contribution >= 0.6 is 0 Å². The molecule has 3 nitrogen and oxygen atoms in total. The van der Waals surface area contributed by atoms with Gasteiger partial charge in [0.2, 0.25) is 0 Å². The maximum atomic E-state index is 13.9. The summed E-state index contributed by atoms with van der Waals surface area (Å²) in [5.74, 6) is -0.502. The third kappa shape index (κ3) is 2.20. The molecule has 0 fully saturated rings. The highest BCUT2D eigenvalue weighted by molar-refractivity contribution is 5.78. The van der Waals surface area contributed by atoms with E-state index in [-0.39, 0.29) is 5.39 Å². The highest BCUT2D eigenvalue weighted by Crippen LogP contribution is 2.16. The molecule has 5 heteroatoms. The molecule has 0 aliphatic heterocycles. The fraction of sp³-hybridized carbons (Fsp3) is 0.125. The molecule has 0 spiro atoms. The monoisotopic (exact) mass is 286 g/mol. The second kappa shape index (κ2) is 5.09. The summed E-state index contributed by atoms with van der Waals surface area (Å²) in [7, 11) is 0. The molecule has 106 valence electrons. The van der Waals surface area contributed by atoms with E-state index in [4.69, 9.17) is 0 Å². The van der Waals surface area contributed by atoms with Crippen LogP contribution in [0.2, 0.25) is 0 Å². The molecule has 2 aromatic carbocycles. The quantitative estimate of drug-likeness (QED) is 0.725.